The van der Waals surface area contributed by atoms with Crippen LogP contribution in [-0.4, -0.2) is 6.54 Å². The van der Waals surface area contributed by atoms with Crippen LogP contribution in [0.5, 0.6) is 5.75 Å². The highest BCUT2D eigenvalue weighted by molar-refractivity contribution is 9.10. The van der Waals surface area contributed by atoms with E-state index in [1.165, 1.54) is 5.56 Å². The summed E-state index contributed by atoms with van der Waals surface area (Å²) in [7, 11) is 0. The predicted molar refractivity (Wildman–Crippen MR) is 82.3 cm³/mol. The third-order valence-corrected chi connectivity index (χ3v) is 3.38. The van der Waals surface area contributed by atoms with Crippen molar-refractivity contribution in [2.24, 2.45) is 5.73 Å². The number of benzene rings is 2. The van der Waals surface area contributed by atoms with Crippen molar-refractivity contribution in [3.63, 3.8) is 0 Å². The van der Waals surface area contributed by atoms with Gasteiger partial charge in [-0.05, 0) is 54.8 Å². The van der Waals surface area contributed by atoms with Crippen molar-refractivity contribution in [1.29, 1.82) is 0 Å². The van der Waals surface area contributed by atoms with Gasteiger partial charge in [0.05, 0.1) is 0 Å². The summed E-state index contributed by atoms with van der Waals surface area (Å²) in [5, 5.41) is 0. The number of hydrogen-bond acceptors (Lipinski definition) is 2. The van der Waals surface area contributed by atoms with Crippen LogP contribution in [0.3, 0.4) is 0 Å². The van der Waals surface area contributed by atoms with Crippen LogP contribution in [0, 0.1) is 0 Å². The summed E-state index contributed by atoms with van der Waals surface area (Å²) in [6.07, 6.45) is 2.06. The van der Waals surface area contributed by atoms with E-state index in [1.807, 2.05) is 24.3 Å². The van der Waals surface area contributed by atoms with Gasteiger partial charge in [-0.1, -0.05) is 40.2 Å². The average Bonchev–Trinajstić information content (AvgIpc) is 2.44. The number of rotatable bonds is 6. The molecule has 0 heterocycles. The molecule has 0 bridgehead atoms. The lowest BCUT2D eigenvalue weighted by Crippen LogP contribution is -2.00. The molecule has 0 atom stereocenters. The maximum absolute atomic E-state index is 5.76. The lowest BCUT2D eigenvalue weighted by Gasteiger charge is -2.07. The van der Waals surface area contributed by atoms with E-state index in [1.54, 1.807) is 0 Å². The molecule has 0 aliphatic heterocycles. The summed E-state index contributed by atoms with van der Waals surface area (Å²) in [5.74, 6) is 0.900. The standard InChI is InChI=1S/C16H18BrNO/c17-15-5-1-3-14(11-15)12-19-16-8-6-13(7-9-16)4-2-10-18/h1,3,5-9,11H,2,4,10,12,18H2. The number of halogens is 1. The van der Waals surface area contributed by atoms with Gasteiger partial charge in [0.2, 0.25) is 0 Å². The molecule has 2 rings (SSSR count). The van der Waals surface area contributed by atoms with Crippen molar-refractivity contribution in [2.45, 2.75) is 19.4 Å². The molecule has 19 heavy (non-hydrogen) atoms. The van der Waals surface area contributed by atoms with Crippen LogP contribution in [0.4, 0.5) is 0 Å². The molecule has 0 aliphatic rings. The van der Waals surface area contributed by atoms with Gasteiger partial charge in [-0.3, -0.25) is 0 Å². The smallest absolute Gasteiger partial charge is 0.119 e. The molecule has 0 radical (unpaired) electrons. The van der Waals surface area contributed by atoms with Crippen molar-refractivity contribution in [2.75, 3.05) is 6.54 Å². The van der Waals surface area contributed by atoms with Crippen LogP contribution < -0.4 is 10.5 Å². The maximum Gasteiger partial charge on any atom is 0.119 e. The van der Waals surface area contributed by atoms with Crippen LogP contribution in [0.2, 0.25) is 0 Å². The molecule has 100 valence electrons. The second-order valence-electron chi connectivity index (χ2n) is 4.45. The second-order valence-corrected chi connectivity index (χ2v) is 5.37. The maximum atomic E-state index is 5.76. The van der Waals surface area contributed by atoms with E-state index in [0.29, 0.717) is 6.61 Å². The van der Waals surface area contributed by atoms with E-state index in [-0.39, 0.29) is 0 Å². The Morgan fingerprint density at radius 3 is 2.47 bits per heavy atom. The summed E-state index contributed by atoms with van der Waals surface area (Å²) in [5.41, 5.74) is 7.96. The molecule has 2 aromatic rings. The Labute approximate surface area is 122 Å². The minimum atomic E-state index is 0.585. The zero-order valence-electron chi connectivity index (χ0n) is 10.8. The quantitative estimate of drug-likeness (QED) is 0.875. The largest absolute Gasteiger partial charge is 0.489 e. The molecular weight excluding hydrogens is 302 g/mol. The fraction of sp³-hybridized carbons (Fsp3) is 0.250. The monoisotopic (exact) mass is 319 g/mol. The third kappa shape index (κ3) is 4.69. The summed E-state index contributed by atoms with van der Waals surface area (Å²) in [4.78, 5) is 0. The van der Waals surface area contributed by atoms with Gasteiger partial charge in [0.15, 0.2) is 0 Å². The zero-order valence-corrected chi connectivity index (χ0v) is 12.4. The Bertz CT molecular complexity index is 510. The van der Waals surface area contributed by atoms with Gasteiger partial charge in [0, 0.05) is 4.47 Å². The fourth-order valence-electron chi connectivity index (χ4n) is 1.85. The summed E-state index contributed by atoms with van der Waals surface area (Å²) in [6.45, 7) is 1.32. The first-order valence-corrected chi connectivity index (χ1v) is 7.23. The van der Waals surface area contributed by atoms with E-state index >= 15 is 0 Å². The summed E-state index contributed by atoms with van der Waals surface area (Å²) < 4.78 is 6.84. The SMILES string of the molecule is NCCCc1ccc(OCc2cccc(Br)c2)cc1. The Hall–Kier alpha value is -1.32. The predicted octanol–water partition coefficient (Wildman–Crippen LogP) is 3.92. The molecule has 0 amide bonds. The molecular formula is C16H18BrNO. The van der Waals surface area contributed by atoms with Gasteiger partial charge < -0.3 is 10.5 Å². The number of ether oxygens (including phenoxy) is 1. The van der Waals surface area contributed by atoms with E-state index in [0.717, 1.165) is 35.2 Å². The second kappa shape index (κ2) is 7.31. The molecule has 0 saturated heterocycles. The molecule has 2 aromatic carbocycles. The highest BCUT2D eigenvalue weighted by Gasteiger charge is 1.98. The Morgan fingerprint density at radius 2 is 1.79 bits per heavy atom. The van der Waals surface area contributed by atoms with Gasteiger partial charge in [-0.15, -0.1) is 0 Å². The first kappa shape index (κ1) is 14.1. The Morgan fingerprint density at radius 1 is 1.00 bits per heavy atom. The summed E-state index contributed by atoms with van der Waals surface area (Å²) in [6, 6.07) is 16.4. The van der Waals surface area contributed by atoms with Gasteiger partial charge >= 0.3 is 0 Å². The third-order valence-electron chi connectivity index (χ3n) is 2.89. The molecule has 2 N–H and O–H groups in total. The zero-order chi connectivity index (χ0) is 13.5. The minimum Gasteiger partial charge on any atom is -0.489 e. The molecule has 0 aromatic heterocycles. The molecule has 3 heteroatoms. The van der Waals surface area contributed by atoms with Gasteiger partial charge in [0.1, 0.15) is 12.4 Å². The van der Waals surface area contributed by atoms with Crippen LogP contribution >= 0.6 is 15.9 Å². The number of hydrogen-bond donors (Lipinski definition) is 1. The van der Waals surface area contributed by atoms with Crippen molar-refractivity contribution < 1.29 is 4.74 Å². The number of aryl methyl sites for hydroxylation is 1. The van der Waals surface area contributed by atoms with Gasteiger partial charge in [-0.25, -0.2) is 0 Å². The molecule has 0 saturated carbocycles. The van der Waals surface area contributed by atoms with Crippen molar-refractivity contribution in [3.8, 4) is 5.75 Å². The highest BCUT2D eigenvalue weighted by Crippen LogP contribution is 2.17. The van der Waals surface area contributed by atoms with E-state index in [2.05, 4.69) is 40.2 Å². The van der Waals surface area contributed by atoms with Crippen LogP contribution in [0.1, 0.15) is 17.5 Å². The Balaban J connectivity index is 1.89. The number of nitrogens with two attached hydrogens (primary N) is 1. The first-order chi connectivity index (χ1) is 9.28. The average molecular weight is 320 g/mol. The molecule has 0 unspecified atom stereocenters. The minimum absolute atomic E-state index is 0.585. The van der Waals surface area contributed by atoms with E-state index in [9.17, 15) is 0 Å². The van der Waals surface area contributed by atoms with Gasteiger partial charge in [-0.2, -0.15) is 0 Å². The molecule has 0 fully saturated rings. The first-order valence-electron chi connectivity index (χ1n) is 6.44. The van der Waals surface area contributed by atoms with Crippen molar-refractivity contribution >= 4 is 15.9 Å². The highest BCUT2D eigenvalue weighted by atomic mass is 79.9. The fourth-order valence-corrected chi connectivity index (χ4v) is 2.30. The molecule has 0 spiro atoms. The normalized spacial score (nSPS) is 10.4. The van der Waals surface area contributed by atoms with Crippen LogP contribution in [0.15, 0.2) is 53.0 Å². The van der Waals surface area contributed by atoms with Crippen LogP contribution in [0.25, 0.3) is 0 Å². The molecule has 0 aliphatic carbocycles. The van der Waals surface area contributed by atoms with E-state index in [4.69, 9.17) is 10.5 Å². The Kier molecular flexibility index (Phi) is 5.43. The van der Waals surface area contributed by atoms with Gasteiger partial charge in [0.25, 0.3) is 0 Å². The topological polar surface area (TPSA) is 35.2 Å². The van der Waals surface area contributed by atoms with Crippen molar-refractivity contribution in [1.82, 2.24) is 0 Å². The lowest BCUT2D eigenvalue weighted by atomic mass is 10.1. The molecule has 2 nitrogen and oxygen atoms in total. The van der Waals surface area contributed by atoms with Crippen molar-refractivity contribution in [3.05, 3.63) is 64.1 Å². The van der Waals surface area contributed by atoms with E-state index < -0.39 is 0 Å². The summed E-state index contributed by atoms with van der Waals surface area (Å²) >= 11 is 3.46. The van der Waals surface area contributed by atoms with Crippen LogP contribution in [-0.2, 0) is 13.0 Å². The lowest BCUT2D eigenvalue weighted by molar-refractivity contribution is 0.306.